The van der Waals surface area contributed by atoms with Crippen LogP contribution in [0.25, 0.3) is 0 Å². The van der Waals surface area contributed by atoms with E-state index in [2.05, 4.69) is 15.5 Å². The Morgan fingerprint density at radius 3 is 2.63 bits per heavy atom. The van der Waals surface area contributed by atoms with E-state index >= 15 is 0 Å². The molecule has 2 rings (SSSR count). The van der Waals surface area contributed by atoms with Crippen molar-refractivity contribution in [3.8, 4) is 0 Å². The predicted molar refractivity (Wildman–Crippen MR) is 106 cm³/mol. The number of esters is 1. The van der Waals surface area contributed by atoms with Gasteiger partial charge in [0.1, 0.15) is 6.04 Å². The number of amides is 1. The first-order valence-electron chi connectivity index (χ1n) is 8.74. The summed E-state index contributed by atoms with van der Waals surface area (Å²) >= 11 is 6.92. The van der Waals surface area contributed by atoms with Crippen LogP contribution < -0.4 is 11.1 Å². The summed E-state index contributed by atoms with van der Waals surface area (Å²) in [7, 11) is 0. The molecule has 0 spiro atoms. The number of anilines is 2. The van der Waals surface area contributed by atoms with Crippen LogP contribution in [0.1, 0.15) is 31.9 Å². The molecule has 1 aromatic carbocycles. The smallest absolute Gasteiger partial charge is 0.416 e. The number of carbonyl (C=O) groups excluding carboxylic acids is 2. The molecule has 0 fully saturated rings. The molecule has 1 unspecified atom stereocenters. The van der Waals surface area contributed by atoms with E-state index in [9.17, 15) is 22.8 Å². The third kappa shape index (κ3) is 5.79. The lowest BCUT2D eigenvalue weighted by Crippen LogP contribution is -2.27. The highest BCUT2D eigenvalue weighted by Crippen LogP contribution is 2.34. The lowest BCUT2D eigenvalue weighted by atomic mass is 10.1. The fraction of sp³-hybridized carbons (Fsp3) is 0.412. The molecule has 0 saturated carbocycles. The van der Waals surface area contributed by atoms with Gasteiger partial charge in [-0.15, -0.1) is 10.2 Å². The molecule has 0 radical (unpaired) electrons. The highest BCUT2D eigenvalue weighted by Gasteiger charge is 2.32. The Kier molecular flexibility index (Phi) is 7.96. The van der Waals surface area contributed by atoms with Crippen LogP contribution in [0.3, 0.4) is 0 Å². The van der Waals surface area contributed by atoms with Crippen LogP contribution >= 0.6 is 23.4 Å². The minimum absolute atomic E-state index is 0.0557. The molecule has 1 atom stereocenters. The number of benzene rings is 1. The summed E-state index contributed by atoms with van der Waals surface area (Å²) in [5.74, 6) is -1.31. The summed E-state index contributed by atoms with van der Waals surface area (Å²) in [6.45, 7) is 3.56. The molecule has 0 aliphatic heterocycles. The van der Waals surface area contributed by atoms with Gasteiger partial charge in [0.2, 0.25) is 11.9 Å². The van der Waals surface area contributed by atoms with Gasteiger partial charge in [-0.1, -0.05) is 30.3 Å². The zero-order valence-electron chi connectivity index (χ0n) is 16.0. The van der Waals surface area contributed by atoms with Crippen molar-refractivity contribution in [2.45, 2.75) is 37.6 Å². The second-order valence-electron chi connectivity index (χ2n) is 5.91. The van der Waals surface area contributed by atoms with E-state index in [0.717, 1.165) is 30.0 Å². The van der Waals surface area contributed by atoms with E-state index < -0.39 is 29.7 Å². The van der Waals surface area contributed by atoms with Crippen LogP contribution in [0.4, 0.5) is 24.8 Å². The van der Waals surface area contributed by atoms with Gasteiger partial charge in [0.25, 0.3) is 0 Å². The van der Waals surface area contributed by atoms with Crippen molar-refractivity contribution in [3.05, 3.63) is 28.8 Å². The first kappa shape index (κ1) is 23.8. The molecular formula is C17H19ClF3N5O3S. The van der Waals surface area contributed by atoms with Crippen molar-refractivity contribution in [2.75, 3.05) is 23.4 Å². The van der Waals surface area contributed by atoms with Crippen LogP contribution in [-0.2, 0) is 20.5 Å². The van der Waals surface area contributed by atoms with E-state index in [4.69, 9.17) is 22.1 Å². The third-order valence-corrected chi connectivity index (χ3v) is 5.11. The number of nitrogen functional groups attached to an aromatic ring is 1. The van der Waals surface area contributed by atoms with Gasteiger partial charge >= 0.3 is 12.1 Å². The molecule has 0 aliphatic carbocycles. The zero-order chi connectivity index (χ0) is 22.5. The van der Waals surface area contributed by atoms with Crippen LogP contribution in [0.15, 0.2) is 23.4 Å². The maximum atomic E-state index is 13.0. The number of rotatable bonds is 8. The molecule has 1 aromatic heterocycles. The molecule has 8 nitrogen and oxygen atoms in total. The van der Waals surface area contributed by atoms with Crippen molar-refractivity contribution in [1.82, 2.24) is 14.8 Å². The summed E-state index contributed by atoms with van der Waals surface area (Å²) < 4.78 is 45.0. The number of thioether (sulfide) groups is 1. The third-order valence-electron chi connectivity index (χ3n) is 3.87. The number of halogens is 4. The zero-order valence-corrected chi connectivity index (χ0v) is 17.6. The van der Waals surface area contributed by atoms with E-state index in [1.54, 1.807) is 13.8 Å². The van der Waals surface area contributed by atoms with Crippen molar-refractivity contribution in [3.63, 3.8) is 0 Å². The van der Waals surface area contributed by atoms with Crippen LogP contribution in [0, 0.1) is 0 Å². The van der Waals surface area contributed by atoms with Gasteiger partial charge in [-0.3, -0.25) is 14.2 Å². The number of hydrogen-bond donors (Lipinski definition) is 2. The number of aromatic nitrogens is 3. The molecular weight excluding hydrogens is 447 g/mol. The standard InChI is InChI=1S/C17H19ClF3N5O3S/c1-3-12(26-15(22)24-25-16(26)30-8-13(27)29-4-2)14(28)23-11-7-9(17(19,20)21)5-6-10(11)18/h5-7,12H,3-4,8H2,1-2H3,(H2,22,24)(H,23,28). The number of nitrogens with zero attached hydrogens (tertiary/aromatic N) is 3. The number of nitrogens with one attached hydrogen (secondary N) is 1. The number of nitrogens with two attached hydrogens (primary N) is 1. The molecule has 3 N–H and O–H groups in total. The minimum Gasteiger partial charge on any atom is -0.465 e. The first-order valence-corrected chi connectivity index (χ1v) is 10.1. The Morgan fingerprint density at radius 1 is 1.33 bits per heavy atom. The van der Waals surface area contributed by atoms with Gasteiger partial charge in [-0.2, -0.15) is 13.2 Å². The van der Waals surface area contributed by atoms with Crippen LogP contribution in [0.2, 0.25) is 5.02 Å². The first-order chi connectivity index (χ1) is 14.1. The molecule has 1 amide bonds. The van der Waals surface area contributed by atoms with Crippen LogP contribution in [-0.4, -0.2) is 39.0 Å². The van der Waals surface area contributed by atoms with Crippen molar-refractivity contribution in [2.24, 2.45) is 0 Å². The maximum Gasteiger partial charge on any atom is 0.416 e. The molecule has 0 bridgehead atoms. The van der Waals surface area contributed by atoms with Gasteiger partial charge in [-0.05, 0) is 31.5 Å². The molecule has 0 saturated heterocycles. The lowest BCUT2D eigenvalue weighted by Gasteiger charge is -2.20. The Hall–Kier alpha value is -2.47. The summed E-state index contributed by atoms with van der Waals surface area (Å²) in [5.41, 5.74) is 4.68. The molecule has 13 heteroatoms. The predicted octanol–water partition coefficient (Wildman–Crippen LogP) is 3.78. The SMILES string of the molecule is CCOC(=O)CSc1nnc(N)n1C(CC)C(=O)Nc1cc(C(F)(F)F)ccc1Cl. The van der Waals surface area contributed by atoms with Gasteiger partial charge in [0, 0.05) is 0 Å². The Labute approximate surface area is 179 Å². The number of ether oxygens (including phenoxy) is 1. The monoisotopic (exact) mass is 465 g/mol. The van der Waals surface area contributed by atoms with E-state index in [0.29, 0.717) is 0 Å². The van der Waals surface area contributed by atoms with Crippen molar-refractivity contribution < 1.29 is 27.5 Å². The topological polar surface area (TPSA) is 112 Å². The molecule has 2 aromatic rings. The molecule has 30 heavy (non-hydrogen) atoms. The summed E-state index contributed by atoms with van der Waals surface area (Å²) in [6.07, 6.45) is -4.37. The van der Waals surface area contributed by atoms with Gasteiger partial charge in [0.05, 0.1) is 28.6 Å². The van der Waals surface area contributed by atoms with Crippen molar-refractivity contribution in [1.29, 1.82) is 0 Å². The lowest BCUT2D eigenvalue weighted by molar-refractivity contribution is -0.140. The van der Waals surface area contributed by atoms with E-state index in [1.165, 1.54) is 4.57 Å². The van der Waals surface area contributed by atoms with Gasteiger partial charge < -0.3 is 15.8 Å². The van der Waals surface area contributed by atoms with Crippen molar-refractivity contribution >= 4 is 46.9 Å². The molecule has 0 aliphatic rings. The summed E-state index contributed by atoms with van der Waals surface area (Å²) in [5, 5.41) is 10.1. The second-order valence-corrected chi connectivity index (χ2v) is 7.26. The van der Waals surface area contributed by atoms with E-state index in [1.807, 2.05) is 0 Å². The highest BCUT2D eigenvalue weighted by atomic mass is 35.5. The number of hydrogen-bond acceptors (Lipinski definition) is 7. The summed E-state index contributed by atoms with van der Waals surface area (Å²) in [4.78, 5) is 24.4. The summed E-state index contributed by atoms with van der Waals surface area (Å²) in [6, 6.07) is 1.67. The van der Waals surface area contributed by atoms with Crippen LogP contribution in [0.5, 0.6) is 0 Å². The highest BCUT2D eigenvalue weighted by molar-refractivity contribution is 7.99. The second kappa shape index (κ2) is 10.0. The average molecular weight is 466 g/mol. The normalized spacial score (nSPS) is 12.5. The van der Waals surface area contributed by atoms with Gasteiger partial charge in [0.15, 0.2) is 5.16 Å². The molecule has 164 valence electrons. The average Bonchev–Trinajstić information content (AvgIpc) is 3.02. The Bertz CT molecular complexity index is 923. The fourth-order valence-corrected chi connectivity index (χ4v) is 3.46. The Morgan fingerprint density at radius 2 is 2.03 bits per heavy atom. The number of alkyl halides is 3. The van der Waals surface area contributed by atoms with E-state index in [-0.39, 0.29) is 40.6 Å². The maximum absolute atomic E-state index is 13.0. The quantitative estimate of drug-likeness (QED) is 0.450. The largest absolute Gasteiger partial charge is 0.465 e. The minimum atomic E-state index is -4.59. The Balaban J connectivity index is 2.26. The molecule has 1 heterocycles. The number of carbonyl (C=O) groups is 2. The van der Waals surface area contributed by atoms with Gasteiger partial charge in [-0.25, -0.2) is 0 Å². The fourth-order valence-electron chi connectivity index (χ4n) is 2.50.